The van der Waals surface area contributed by atoms with Crippen LogP contribution in [0.1, 0.15) is 46.7 Å². The van der Waals surface area contributed by atoms with Gasteiger partial charge in [0, 0.05) is 12.1 Å². The molecular weight excluding hydrogens is 348 g/mol. The van der Waals surface area contributed by atoms with Crippen LogP contribution in [0.2, 0.25) is 0 Å². The van der Waals surface area contributed by atoms with Crippen LogP contribution in [0, 0.1) is 0 Å². The van der Waals surface area contributed by atoms with E-state index in [0.29, 0.717) is 17.1 Å². The number of amides is 2. The Morgan fingerprint density at radius 1 is 1.26 bits per heavy atom. The van der Waals surface area contributed by atoms with Crippen molar-refractivity contribution in [2.24, 2.45) is 11.5 Å². The van der Waals surface area contributed by atoms with Gasteiger partial charge in [-0.2, -0.15) is 0 Å². The third kappa shape index (κ3) is 3.28. The zero-order valence-electron chi connectivity index (χ0n) is 14.6. The predicted molar refractivity (Wildman–Crippen MR) is 96.9 cm³/mol. The average molecular weight is 368 g/mol. The fraction of sp³-hybridized carbons (Fsp3) is 0.333. The lowest BCUT2D eigenvalue weighted by Gasteiger charge is -2.26. The first-order valence-electron chi connectivity index (χ1n) is 8.81. The highest BCUT2D eigenvalue weighted by molar-refractivity contribution is 5.99. The second kappa shape index (κ2) is 6.84. The van der Waals surface area contributed by atoms with Crippen LogP contribution in [-0.2, 0) is 0 Å². The molecule has 1 saturated carbocycles. The first kappa shape index (κ1) is 17.2. The molecule has 0 aliphatic heterocycles. The molecule has 1 aliphatic rings. The van der Waals surface area contributed by atoms with Gasteiger partial charge in [-0.3, -0.25) is 14.0 Å². The molecule has 9 heteroatoms. The highest BCUT2D eigenvalue weighted by atomic mass is 16.3. The second-order valence-corrected chi connectivity index (χ2v) is 6.74. The molecule has 0 radical (unpaired) electrons. The normalized spacial score (nSPS) is 19.9. The van der Waals surface area contributed by atoms with E-state index in [1.54, 1.807) is 18.2 Å². The molecule has 0 unspecified atom stereocenters. The molecule has 1 fully saturated rings. The molecule has 1 aliphatic carbocycles. The van der Waals surface area contributed by atoms with E-state index in [0.717, 1.165) is 25.7 Å². The average Bonchev–Trinajstić information content (AvgIpc) is 3.32. The van der Waals surface area contributed by atoms with Crippen LogP contribution in [0.3, 0.4) is 0 Å². The number of nitrogens with one attached hydrogen (secondary N) is 1. The van der Waals surface area contributed by atoms with Gasteiger partial charge in [-0.05, 0) is 43.9 Å². The van der Waals surface area contributed by atoms with Gasteiger partial charge in [-0.1, -0.05) is 0 Å². The van der Waals surface area contributed by atoms with E-state index in [1.165, 1.54) is 17.0 Å². The van der Waals surface area contributed by atoms with Crippen molar-refractivity contribution >= 4 is 17.5 Å². The zero-order valence-corrected chi connectivity index (χ0v) is 14.6. The van der Waals surface area contributed by atoms with Gasteiger partial charge < -0.3 is 21.2 Å². The topological polar surface area (TPSA) is 142 Å². The summed E-state index contributed by atoms with van der Waals surface area (Å²) in [5.74, 6) is -0.509. The molecule has 27 heavy (non-hydrogen) atoms. The van der Waals surface area contributed by atoms with Gasteiger partial charge in [0.1, 0.15) is 17.7 Å². The monoisotopic (exact) mass is 368 g/mol. The summed E-state index contributed by atoms with van der Waals surface area (Å²) in [5.41, 5.74) is 12.3. The van der Waals surface area contributed by atoms with Crippen LogP contribution < -0.4 is 16.8 Å². The maximum Gasteiger partial charge on any atom is 0.271 e. The van der Waals surface area contributed by atoms with E-state index in [-0.39, 0.29) is 29.3 Å². The van der Waals surface area contributed by atoms with Crippen molar-refractivity contribution in [1.82, 2.24) is 19.7 Å². The maximum absolute atomic E-state index is 12.9. The number of nitrogens with two attached hydrogens (primary N) is 2. The number of carbonyl (C=O) groups is 2. The molecule has 5 N–H and O–H groups in total. The number of hydrogen-bond acceptors (Lipinski definition) is 6. The summed E-state index contributed by atoms with van der Waals surface area (Å²) in [5, 5.41) is 3.04. The number of imidazole rings is 1. The molecule has 9 nitrogen and oxygen atoms in total. The lowest BCUT2D eigenvalue weighted by atomic mass is 9.92. The van der Waals surface area contributed by atoms with Crippen LogP contribution in [0.5, 0.6) is 0 Å². The van der Waals surface area contributed by atoms with Gasteiger partial charge in [0.25, 0.3) is 11.8 Å². The Hall–Kier alpha value is -3.20. The number of carbonyl (C=O) groups excluding carboxylic acids is 2. The molecule has 4 rings (SSSR count). The van der Waals surface area contributed by atoms with Crippen molar-refractivity contribution in [3.05, 3.63) is 42.2 Å². The van der Waals surface area contributed by atoms with Crippen molar-refractivity contribution in [3.63, 3.8) is 0 Å². The Morgan fingerprint density at radius 2 is 2.04 bits per heavy atom. The Morgan fingerprint density at radius 3 is 2.70 bits per heavy atom. The summed E-state index contributed by atoms with van der Waals surface area (Å²) < 4.78 is 6.86. The zero-order chi connectivity index (χ0) is 19.0. The Kier molecular flexibility index (Phi) is 4.36. The predicted octanol–water partition coefficient (Wildman–Crippen LogP) is 1.09. The first-order valence-corrected chi connectivity index (χ1v) is 8.81. The Bertz CT molecular complexity index is 986. The first-order chi connectivity index (χ1) is 13.0. The number of aromatic nitrogens is 3. The van der Waals surface area contributed by atoms with Crippen LogP contribution in [-0.4, -0.2) is 38.3 Å². The third-order valence-corrected chi connectivity index (χ3v) is 4.85. The summed E-state index contributed by atoms with van der Waals surface area (Å²) in [6.45, 7) is 0. The Labute approximate surface area is 154 Å². The smallest absolute Gasteiger partial charge is 0.271 e. The number of fused-ring (bicyclic) bond motifs is 1. The standard InChI is InChI=1S/C18H20N6O3/c19-10-3-5-11(6-4-10)22-18(26)13-8-12(14-2-1-7-27-14)23-17-15(16(20)25)21-9-24(13)17/h1-2,7-11H,3-6,19H2,(H2,20,25)(H,22,26). The van der Waals surface area contributed by atoms with Crippen molar-refractivity contribution in [1.29, 1.82) is 0 Å². The van der Waals surface area contributed by atoms with Crippen LogP contribution in [0.15, 0.2) is 35.2 Å². The third-order valence-electron chi connectivity index (χ3n) is 4.85. The Balaban J connectivity index is 1.74. The number of rotatable bonds is 4. The highest BCUT2D eigenvalue weighted by Crippen LogP contribution is 2.23. The molecule has 3 aromatic heterocycles. The number of primary amides is 1. The maximum atomic E-state index is 12.9. The van der Waals surface area contributed by atoms with E-state index in [2.05, 4.69) is 15.3 Å². The van der Waals surface area contributed by atoms with Gasteiger partial charge in [0.15, 0.2) is 17.1 Å². The minimum atomic E-state index is -0.714. The van der Waals surface area contributed by atoms with Crippen LogP contribution >= 0.6 is 0 Å². The van der Waals surface area contributed by atoms with Gasteiger partial charge in [-0.15, -0.1) is 0 Å². The van der Waals surface area contributed by atoms with E-state index in [4.69, 9.17) is 15.9 Å². The molecule has 0 saturated heterocycles. The molecule has 0 bridgehead atoms. The van der Waals surface area contributed by atoms with E-state index in [9.17, 15) is 9.59 Å². The quantitative estimate of drug-likeness (QED) is 0.629. The molecule has 0 aromatic carbocycles. The van der Waals surface area contributed by atoms with E-state index < -0.39 is 5.91 Å². The largest absolute Gasteiger partial charge is 0.463 e. The van der Waals surface area contributed by atoms with Crippen molar-refractivity contribution in [3.8, 4) is 11.5 Å². The lowest BCUT2D eigenvalue weighted by molar-refractivity contribution is 0.0918. The van der Waals surface area contributed by atoms with Crippen LogP contribution in [0.25, 0.3) is 17.1 Å². The fourth-order valence-corrected chi connectivity index (χ4v) is 3.39. The molecule has 3 aromatic rings. The molecule has 140 valence electrons. The van der Waals surface area contributed by atoms with Gasteiger partial charge >= 0.3 is 0 Å². The summed E-state index contributed by atoms with van der Waals surface area (Å²) in [6, 6.07) is 5.32. The molecule has 2 amide bonds. The summed E-state index contributed by atoms with van der Waals surface area (Å²) in [4.78, 5) is 33.0. The lowest BCUT2D eigenvalue weighted by Crippen LogP contribution is -2.41. The minimum absolute atomic E-state index is 0.00101. The minimum Gasteiger partial charge on any atom is -0.463 e. The van der Waals surface area contributed by atoms with E-state index >= 15 is 0 Å². The summed E-state index contributed by atoms with van der Waals surface area (Å²) in [6.07, 6.45) is 6.32. The number of hydrogen-bond donors (Lipinski definition) is 3. The second-order valence-electron chi connectivity index (χ2n) is 6.74. The highest BCUT2D eigenvalue weighted by Gasteiger charge is 2.24. The van der Waals surface area contributed by atoms with Gasteiger partial charge in [-0.25, -0.2) is 9.97 Å². The van der Waals surface area contributed by atoms with Crippen molar-refractivity contribution in [2.75, 3.05) is 0 Å². The molecule has 0 atom stereocenters. The molecule has 0 spiro atoms. The summed E-state index contributed by atoms with van der Waals surface area (Å²) in [7, 11) is 0. The van der Waals surface area contributed by atoms with Crippen molar-refractivity contribution < 1.29 is 14.0 Å². The van der Waals surface area contributed by atoms with Gasteiger partial charge in [0.2, 0.25) is 0 Å². The molecular formula is C18H20N6O3. The number of nitrogens with zero attached hydrogens (tertiary/aromatic N) is 3. The number of furan rings is 1. The van der Waals surface area contributed by atoms with Crippen LogP contribution in [0.4, 0.5) is 0 Å². The molecule has 3 heterocycles. The van der Waals surface area contributed by atoms with Crippen molar-refractivity contribution in [2.45, 2.75) is 37.8 Å². The van der Waals surface area contributed by atoms with E-state index in [1.807, 2.05) is 0 Å². The summed E-state index contributed by atoms with van der Waals surface area (Å²) >= 11 is 0. The fourth-order valence-electron chi connectivity index (χ4n) is 3.39. The SMILES string of the molecule is NC(=O)c1ncn2c(C(=O)NC3CCC(N)CC3)cc(-c3ccco3)nc12. The van der Waals surface area contributed by atoms with Gasteiger partial charge in [0.05, 0.1) is 6.26 Å².